The summed E-state index contributed by atoms with van der Waals surface area (Å²) < 4.78 is 40.2. The number of aryl methyl sites for hydroxylation is 4. The molecule has 1 heterocycles. The minimum atomic E-state index is -4.46. The van der Waals surface area contributed by atoms with Crippen LogP contribution in [-0.4, -0.2) is 21.5 Å². The van der Waals surface area contributed by atoms with Gasteiger partial charge < -0.3 is 5.11 Å². The second-order valence-electron chi connectivity index (χ2n) is 5.33. The highest BCUT2D eigenvalue weighted by Crippen LogP contribution is 2.31. The summed E-state index contributed by atoms with van der Waals surface area (Å²) in [6.07, 6.45) is -1.92. The largest absolute Gasteiger partial charge is 0.435 e. The Morgan fingerprint density at radius 3 is 2.41 bits per heavy atom. The van der Waals surface area contributed by atoms with Crippen LogP contribution < -0.4 is 0 Å². The van der Waals surface area contributed by atoms with Crippen LogP contribution in [-0.2, 0) is 25.6 Å². The topological polar surface area (TPSA) is 38.0 Å². The summed E-state index contributed by atoms with van der Waals surface area (Å²) in [7, 11) is 0. The van der Waals surface area contributed by atoms with Crippen LogP contribution in [0.4, 0.5) is 13.2 Å². The Labute approximate surface area is 127 Å². The van der Waals surface area contributed by atoms with Gasteiger partial charge in [0.2, 0.25) is 0 Å². The van der Waals surface area contributed by atoms with E-state index in [0.717, 1.165) is 11.1 Å². The molecule has 0 aliphatic heterocycles. The fourth-order valence-electron chi connectivity index (χ4n) is 2.27. The Bertz CT molecular complexity index is 603. The maximum atomic E-state index is 13.0. The second-order valence-corrected chi connectivity index (χ2v) is 5.33. The van der Waals surface area contributed by atoms with Crippen LogP contribution in [0.2, 0.25) is 0 Å². The first-order chi connectivity index (χ1) is 10.4. The van der Waals surface area contributed by atoms with Crippen LogP contribution in [0, 0.1) is 6.92 Å². The first kappa shape index (κ1) is 16.5. The van der Waals surface area contributed by atoms with Gasteiger partial charge in [-0.2, -0.15) is 18.3 Å². The third kappa shape index (κ3) is 4.34. The zero-order valence-electron chi connectivity index (χ0n) is 12.4. The molecule has 0 aliphatic rings. The summed E-state index contributed by atoms with van der Waals surface area (Å²) in [6, 6.07) is 7.89. The highest BCUT2D eigenvalue weighted by Gasteiger charge is 2.36. The van der Waals surface area contributed by atoms with Crippen LogP contribution in [0.25, 0.3) is 0 Å². The van der Waals surface area contributed by atoms with Gasteiger partial charge >= 0.3 is 6.18 Å². The van der Waals surface area contributed by atoms with E-state index in [1.807, 2.05) is 31.2 Å². The Balaban J connectivity index is 2.10. The SMILES string of the molecule is Cc1ccc(CCn2cc(CCCO)c(C(F)(F)F)n2)cc1. The number of benzene rings is 1. The van der Waals surface area contributed by atoms with Gasteiger partial charge in [-0.3, -0.25) is 4.68 Å². The van der Waals surface area contributed by atoms with Gasteiger partial charge in [-0.05, 0) is 31.7 Å². The molecule has 0 amide bonds. The summed E-state index contributed by atoms with van der Waals surface area (Å²) in [6.45, 7) is 2.25. The molecule has 0 unspecified atom stereocenters. The van der Waals surface area contributed by atoms with E-state index in [0.29, 0.717) is 19.4 Å². The molecule has 6 heteroatoms. The molecule has 120 valence electrons. The van der Waals surface area contributed by atoms with Crippen molar-refractivity contribution in [3.05, 3.63) is 52.8 Å². The number of aliphatic hydroxyl groups is 1. The number of hydrogen-bond donors (Lipinski definition) is 1. The normalized spacial score (nSPS) is 11.9. The van der Waals surface area contributed by atoms with E-state index in [-0.39, 0.29) is 18.6 Å². The summed E-state index contributed by atoms with van der Waals surface area (Å²) in [5, 5.41) is 12.5. The molecule has 0 saturated heterocycles. The van der Waals surface area contributed by atoms with Gasteiger partial charge in [0.15, 0.2) is 5.69 Å². The Kier molecular flexibility index (Phi) is 5.24. The third-order valence-corrected chi connectivity index (χ3v) is 3.46. The van der Waals surface area contributed by atoms with Crippen molar-refractivity contribution in [3.63, 3.8) is 0 Å². The van der Waals surface area contributed by atoms with Crippen molar-refractivity contribution in [3.8, 4) is 0 Å². The third-order valence-electron chi connectivity index (χ3n) is 3.46. The van der Waals surface area contributed by atoms with Gasteiger partial charge in [-0.25, -0.2) is 0 Å². The lowest BCUT2D eigenvalue weighted by molar-refractivity contribution is -0.142. The molecule has 0 saturated carbocycles. The van der Waals surface area contributed by atoms with E-state index in [1.165, 1.54) is 10.9 Å². The van der Waals surface area contributed by atoms with Crippen molar-refractivity contribution >= 4 is 0 Å². The number of alkyl halides is 3. The predicted molar refractivity (Wildman–Crippen MR) is 77.5 cm³/mol. The standard InChI is InChI=1S/C16H19F3N2O/c1-12-4-6-13(7-5-12)8-9-21-11-14(3-2-10-22)15(20-21)16(17,18)19/h4-7,11,22H,2-3,8-10H2,1H3. The Morgan fingerprint density at radius 2 is 1.82 bits per heavy atom. The first-order valence-corrected chi connectivity index (χ1v) is 7.20. The first-order valence-electron chi connectivity index (χ1n) is 7.20. The maximum Gasteiger partial charge on any atom is 0.435 e. The van der Waals surface area contributed by atoms with Crippen LogP contribution >= 0.6 is 0 Å². The van der Waals surface area contributed by atoms with Crippen molar-refractivity contribution in [1.82, 2.24) is 9.78 Å². The molecule has 2 rings (SSSR count). The zero-order chi connectivity index (χ0) is 16.2. The number of nitrogens with zero attached hydrogens (tertiary/aromatic N) is 2. The Hall–Kier alpha value is -1.82. The molecule has 2 aromatic rings. The average molecular weight is 312 g/mol. The van der Waals surface area contributed by atoms with Gasteiger partial charge in [0, 0.05) is 24.9 Å². The predicted octanol–water partition coefficient (Wildman–Crippen LogP) is 3.38. The summed E-state index contributed by atoms with van der Waals surface area (Å²) in [5.74, 6) is 0. The highest BCUT2D eigenvalue weighted by atomic mass is 19.4. The van der Waals surface area contributed by atoms with Crippen LogP contribution in [0.15, 0.2) is 30.5 Å². The van der Waals surface area contributed by atoms with E-state index in [9.17, 15) is 13.2 Å². The van der Waals surface area contributed by atoms with Gasteiger partial charge in [0.25, 0.3) is 0 Å². The van der Waals surface area contributed by atoms with Crippen molar-refractivity contribution in [2.45, 2.75) is 38.9 Å². The van der Waals surface area contributed by atoms with Crippen LogP contribution in [0.5, 0.6) is 0 Å². The molecule has 0 spiro atoms. The highest BCUT2D eigenvalue weighted by molar-refractivity contribution is 5.22. The fourth-order valence-corrected chi connectivity index (χ4v) is 2.27. The molecular formula is C16H19F3N2O. The van der Waals surface area contributed by atoms with Crippen molar-refractivity contribution < 1.29 is 18.3 Å². The molecule has 0 fully saturated rings. The van der Waals surface area contributed by atoms with Gasteiger partial charge in [-0.15, -0.1) is 0 Å². The minimum Gasteiger partial charge on any atom is -0.396 e. The van der Waals surface area contributed by atoms with E-state index < -0.39 is 11.9 Å². The Morgan fingerprint density at radius 1 is 1.14 bits per heavy atom. The fraction of sp³-hybridized carbons (Fsp3) is 0.438. The lowest BCUT2D eigenvalue weighted by atomic mass is 10.1. The average Bonchev–Trinajstić information content (AvgIpc) is 2.88. The summed E-state index contributed by atoms with van der Waals surface area (Å²) in [4.78, 5) is 0. The number of hydrogen-bond acceptors (Lipinski definition) is 2. The zero-order valence-corrected chi connectivity index (χ0v) is 12.4. The van der Waals surface area contributed by atoms with Crippen LogP contribution in [0.1, 0.15) is 28.8 Å². The lowest BCUT2D eigenvalue weighted by Gasteiger charge is -2.05. The number of aliphatic hydroxyl groups excluding tert-OH is 1. The smallest absolute Gasteiger partial charge is 0.396 e. The van der Waals surface area contributed by atoms with Gasteiger partial charge in [0.1, 0.15) is 0 Å². The van der Waals surface area contributed by atoms with Crippen molar-refractivity contribution in [2.24, 2.45) is 0 Å². The maximum absolute atomic E-state index is 13.0. The minimum absolute atomic E-state index is 0.133. The van der Waals surface area contributed by atoms with Crippen LogP contribution in [0.3, 0.4) is 0 Å². The summed E-state index contributed by atoms with van der Waals surface area (Å²) in [5.41, 5.74) is 1.51. The number of halogens is 3. The van der Waals surface area contributed by atoms with Crippen molar-refractivity contribution in [2.75, 3.05) is 6.61 Å². The molecular weight excluding hydrogens is 293 g/mol. The quantitative estimate of drug-likeness (QED) is 0.888. The molecule has 0 bridgehead atoms. The molecule has 22 heavy (non-hydrogen) atoms. The van der Waals surface area contributed by atoms with E-state index in [1.54, 1.807) is 0 Å². The van der Waals surface area contributed by atoms with Gasteiger partial charge in [0.05, 0.1) is 0 Å². The molecule has 1 aromatic carbocycles. The van der Waals surface area contributed by atoms with E-state index in [2.05, 4.69) is 5.10 Å². The molecule has 3 nitrogen and oxygen atoms in total. The monoisotopic (exact) mass is 312 g/mol. The number of rotatable bonds is 6. The summed E-state index contributed by atoms with van der Waals surface area (Å²) >= 11 is 0. The lowest BCUT2D eigenvalue weighted by Crippen LogP contribution is -2.10. The molecule has 0 aliphatic carbocycles. The van der Waals surface area contributed by atoms with E-state index in [4.69, 9.17) is 5.11 Å². The van der Waals surface area contributed by atoms with Gasteiger partial charge in [-0.1, -0.05) is 29.8 Å². The molecule has 0 atom stereocenters. The molecule has 1 N–H and O–H groups in total. The molecule has 1 aromatic heterocycles. The second kappa shape index (κ2) is 6.96. The van der Waals surface area contributed by atoms with E-state index >= 15 is 0 Å². The number of aromatic nitrogens is 2. The molecule has 0 radical (unpaired) electrons. The van der Waals surface area contributed by atoms with Crippen molar-refractivity contribution in [1.29, 1.82) is 0 Å².